The highest BCUT2D eigenvalue weighted by atomic mass is 32.2. The van der Waals surface area contributed by atoms with Gasteiger partial charge in [0.1, 0.15) is 5.75 Å². The van der Waals surface area contributed by atoms with Crippen molar-refractivity contribution in [2.45, 2.75) is 50.7 Å². The van der Waals surface area contributed by atoms with Gasteiger partial charge in [-0.2, -0.15) is 11.8 Å². The van der Waals surface area contributed by atoms with Gasteiger partial charge < -0.3 is 14.6 Å². The van der Waals surface area contributed by atoms with E-state index < -0.39 is 5.97 Å². The molecule has 4 nitrogen and oxygen atoms in total. The number of rotatable bonds is 12. The van der Waals surface area contributed by atoms with E-state index in [1.165, 1.54) is 12.8 Å². The molecule has 1 N–H and O–H groups in total. The van der Waals surface area contributed by atoms with Gasteiger partial charge in [-0.1, -0.05) is 30.4 Å². The molecule has 0 amide bonds. The molecule has 0 unspecified atom stereocenters. The predicted molar refractivity (Wildman–Crippen MR) is 109 cm³/mol. The van der Waals surface area contributed by atoms with Gasteiger partial charge in [0, 0.05) is 12.2 Å². The first-order valence-corrected chi connectivity index (χ1v) is 11.2. The number of hydrogen-bond donors (Lipinski definition) is 1. The molecule has 148 valence electrons. The van der Waals surface area contributed by atoms with E-state index in [1.54, 1.807) is 0 Å². The molecule has 1 aromatic rings. The van der Waals surface area contributed by atoms with Crippen molar-refractivity contribution in [1.29, 1.82) is 0 Å². The Morgan fingerprint density at radius 3 is 2.74 bits per heavy atom. The Balaban J connectivity index is 1.35. The van der Waals surface area contributed by atoms with Gasteiger partial charge in [-0.3, -0.25) is 4.79 Å². The number of ether oxygens (including phenoxy) is 2. The van der Waals surface area contributed by atoms with Crippen molar-refractivity contribution in [3.63, 3.8) is 0 Å². The number of carboxylic acids is 1. The van der Waals surface area contributed by atoms with Crippen LogP contribution >= 0.6 is 11.8 Å². The molecule has 0 aromatic heterocycles. The number of carboxylic acid groups (broad SMARTS) is 1. The van der Waals surface area contributed by atoms with E-state index in [-0.39, 0.29) is 6.42 Å². The predicted octanol–water partition coefficient (Wildman–Crippen LogP) is 4.79. The van der Waals surface area contributed by atoms with Crippen LogP contribution in [0.25, 0.3) is 0 Å². The average molecular weight is 391 g/mol. The Kier molecular flexibility index (Phi) is 8.09. The lowest BCUT2D eigenvalue weighted by Gasteiger charge is -2.27. The molecular weight excluding hydrogens is 360 g/mol. The van der Waals surface area contributed by atoms with Gasteiger partial charge >= 0.3 is 5.97 Å². The Bertz CT molecular complexity index is 604. The lowest BCUT2D eigenvalue weighted by atomic mass is 9.78. The lowest BCUT2D eigenvalue weighted by Crippen LogP contribution is -2.28. The number of hydrogen-bond acceptors (Lipinski definition) is 4. The molecule has 0 saturated carbocycles. The lowest BCUT2D eigenvalue weighted by molar-refractivity contribution is -0.137. The van der Waals surface area contributed by atoms with Crippen LogP contribution in [0, 0.1) is 11.8 Å². The fraction of sp³-hybridized carbons (Fsp3) is 0.591. The third kappa shape index (κ3) is 6.28. The molecule has 0 radical (unpaired) electrons. The molecule has 2 heterocycles. The van der Waals surface area contributed by atoms with Gasteiger partial charge in [0.05, 0.1) is 18.8 Å². The summed E-state index contributed by atoms with van der Waals surface area (Å²) in [5.74, 6) is 3.61. The van der Waals surface area contributed by atoms with Crippen LogP contribution in [0.1, 0.15) is 38.5 Å². The van der Waals surface area contributed by atoms with Gasteiger partial charge in [0.25, 0.3) is 0 Å². The van der Waals surface area contributed by atoms with Crippen molar-refractivity contribution in [1.82, 2.24) is 0 Å². The second-order valence-corrected chi connectivity index (χ2v) is 8.50. The molecule has 2 aliphatic rings. The Hall–Kier alpha value is -1.46. The highest BCUT2D eigenvalue weighted by molar-refractivity contribution is 7.99. The minimum absolute atomic E-state index is 0.256. The SMILES string of the molecule is O=C(O)CCCC=CC[C@@H]1[C@H](CSCCOc2ccccc2)[C@@H]2CC[C@H]1O2. The first kappa shape index (κ1) is 20.3. The number of thioether (sulfide) groups is 1. The Morgan fingerprint density at radius 2 is 1.96 bits per heavy atom. The summed E-state index contributed by atoms with van der Waals surface area (Å²) in [6, 6.07) is 9.97. The number of fused-ring (bicyclic) bond motifs is 2. The summed E-state index contributed by atoms with van der Waals surface area (Å²) in [4.78, 5) is 10.5. The van der Waals surface area contributed by atoms with Crippen LogP contribution in [-0.4, -0.2) is 41.4 Å². The van der Waals surface area contributed by atoms with E-state index >= 15 is 0 Å². The Morgan fingerprint density at radius 1 is 1.19 bits per heavy atom. The third-order valence-corrected chi connectivity index (χ3v) is 6.55. The summed E-state index contributed by atoms with van der Waals surface area (Å²) >= 11 is 1.97. The fourth-order valence-electron chi connectivity index (χ4n) is 4.12. The fourth-order valence-corrected chi connectivity index (χ4v) is 5.23. The van der Waals surface area contributed by atoms with E-state index in [0.29, 0.717) is 24.0 Å². The van der Waals surface area contributed by atoms with Gasteiger partial charge in [0.2, 0.25) is 0 Å². The zero-order valence-electron chi connectivity index (χ0n) is 15.8. The summed E-state index contributed by atoms with van der Waals surface area (Å²) < 4.78 is 12.0. The molecular formula is C22H30O4S. The van der Waals surface area contributed by atoms with Crippen molar-refractivity contribution < 1.29 is 19.4 Å². The van der Waals surface area contributed by atoms with Gasteiger partial charge in [-0.05, 0) is 61.8 Å². The van der Waals surface area contributed by atoms with Crippen molar-refractivity contribution in [2.75, 3.05) is 18.1 Å². The molecule has 3 rings (SSSR count). The standard InChI is InChI=1S/C22H30O4S/c23-22(24)11-7-2-1-6-10-18-19(21-13-12-20(18)26-21)16-27-15-14-25-17-8-4-3-5-9-17/h1,3-6,8-9,18-21H,2,7,10-16H2,(H,23,24)/t18-,19+,20-,21+/m1/s1. The number of carbonyl (C=O) groups is 1. The van der Waals surface area contributed by atoms with Crippen molar-refractivity contribution in [3.8, 4) is 5.75 Å². The second kappa shape index (κ2) is 10.8. The van der Waals surface area contributed by atoms with Crippen molar-refractivity contribution in [3.05, 3.63) is 42.5 Å². The summed E-state index contributed by atoms with van der Waals surface area (Å²) in [6.45, 7) is 0.741. The maximum atomic E-state index is 10.5. The van der Waals surface area contributed by atoms with E-state index in [9.17, 15) is 4.79 Å². The number of aliphatic carboxylic acids is 1. The average Bonchev–Trinajstić information content (AvgIpc) is 3.27. The molecule has 2 aliphatic heterocycles. The normalized spacial score (nSPS) is 26.7. The van der Waals surface area contributed by atoms with Crippen LogP contribution in [0.15, 0.2) is 42.5 Å². The van der Waals surface area contributed by atoms with E-state index in [1.807, 2.05) is 42.1 Å². The van der Waals surface area contributed by atoms with Crippen LogP contribution in [0.2, 0.25) is 0 Å². The number of para-hydroxylation sites is 1. The zero-order chi connectivity index (χ0) is 18.9. The van der Waals surface area contributed by atoms with E-state index in [2.05, 4.69) is 12.2 Å². The molecule has 2 bridgehead atoms. The zero-order valence-corrected chi connectivity index (χ0v) is 16.6. The molecule has 0 aliphatic carbocycles. The molecule has 2 fully saturated rings. The van der Waals surface area contributed by atoms with Gasteiger partial charge in [-0.15, -0.1) is 0 Å². The number of benzene rings is 1. The van der Waals surface area contributed by atoms with Gasteiger partial charge in [0.15, 0.2) is 0 Å². The first-order chi connectivity index (χ1) is 13.2. The quantitative estimate of drug-likeness (QED) is 0.411. The van der Waals surface area contributed by atoms with Gasteiger partial charge in [-0.25, -0.2) is 0 Å². The van der Waals surface area contributed by atoms with Crippen LogP contribution in [-0.2, 0) is 9.53 Å². The van der Waals surface area contributed by atoms with Crippen LogP contribution < -0.4 is 4.74 Å². The highest BCUT2D eigenvalue weighted by Crippen LogP contribution is 2.46. The van der Waals surface area contributed by atoms with Crippen molar-refractivity contribution >= 4 is 17.7 Å². The summed E-state index contributed by atoms with van der Waals surface area (Å²) in [7, 11) is 0. The largest absolute Gasteiger partial charge is 0.493 e. The summed E-state index contributed by atoms with van der Waals surface area (Å²) in [6.07, 6.45) is 10.5. The van der Waals surface area contributed by atoms with Crippen LogP contribution in [0.4, 0.5) is 0 Å². The molecule has 4 atom stereocenters. The van der Waals surface area contributed by atoms with E-state index in [0.717, 1.165) is 43.1 Å². The second-order valence-electron chi connectivity index (χ2n) is 7.35. The summed E-state index contributed by atoms with van der Waals surface area (Å²) in [5.41, 5.74) is 0. The van der Waals surface area contributed by atoms with Crippen LogP contribution in [0.3, 0.4) is 0 Å². The van der Waals surface area contributed by atoms with Crippen molar-refractivity contribution in [2.24, 2.45) is 11.8 Å². The smallest absolute Gasteiger partial charge is 0.303 e. The molecule has 1 aromatic carbocycles. The van der Waals surface area contributed by atoms with Crippen LogP contribution in [0.5, 0.6) is 5.75 Å². The minimum Gasteiger partial charge on any atom is -0.493 e. The third-order valence-electron chi connectivity index (χ3n) is 5.48. The first-order valence-electron chi connectivity index (χ1n) is 10.0. The molecule has 27 heavy (non-hydrogen) atoms. The summed E-state index contributed by atoms with van der Waals surface area (Å²) in [5, 5.41) is 8.68. The monoisotopic (exact) mass is 390 g/mol. The molecule has 0 spiro atoms. The molecule has 5 heteroatoms. The Labute approximate surface area is 166 Å². The topological polar surface area (TPSA) is 55.8 Å². The van der Waals surface area contributed by atoms with E-state index in [4.69, 9.17) is 14.6 Å². The highest BCUT2D eigenvalue weighted by Gasteiger charge is 2.47. The minimum atomic E-state index is -0.710. The maximum absolute atomic E-state index is 10.5. The number of allylic oxidation sites excluding steroid dienone is 2. The molecule has 2 saturated heterocycles. The maximum Gasteiger partial charge on any atom is 0.303 e. The number of unbranched alkanes of at least 4 members (excludes halogenated alkanes) is 1.